The van der Waals surface area contributed by atoms with Gasteiger partial charge in [-0.1, -0.05) is 6.42 Å². The maximum absolute atomic E-state index is 12.2. The highest BCUT2D eigenvalue weighted by Crippen LogP contribution is 2.29. The van der Waals surface area contributed by atoms with Crippen molar-refractivity contribution in [3.63, 3.8) is 0 Å². The molecule has 5 nitrogen and oxygen atoms in total. The lowest BCUT2D eigenvalue weighted by Crippen LogP contribution is -2.39. The summed E-state index contributed by atoms with van der Waals surface area (Å²) in [5, 5.41) is 1.71. The van der Waals surface area contributed by atoms with Gasteiger partial charge in [0.15, 0.2) is 9.84 Å². The highest BCUT2D eigenvalue weighted by Gasteiger charge is 2.35. The van der Waals surface area contributed by atoms with E-state index in [4.69, 9.17) is 5.73 Å². The van der Waals surface area contributed by atoms with Crippen molar-refractivity contribution in [3.05, 3.63) is 22.2 Å². The van der Waals surface area contributed by atoms with E-state index in [1.165, 1.54) is 0 Å². The Labute approximate surface area is 127 Å². The molecule has 7 heteroatoms. The van der Waals surface area contributed by atoms with Gasteiger partial charge in [-0.25, -0.2) is 8.42 Å². The minimum Gasteiger partial charge on any atom is -0.398 e. The van der Waals surface area contributed by atoms with Crippen molar-refractivity contribution in [2.45, 2.75) is 31.4 Å². The molecule has 0 saturated carbocycles. The van der Waals surface area contributed by atoms with Crippen molar-refractivity contribution in [1.29, 1.82) is 0 Å². The van der Waals surface area contributed by atoms with Crippen LogP contribution in [-0.4, -0.2) is 25.3 Å². The average molecular weight is 361 g/mol. The van der Waals surface area contributed by atoms with Gasteiger partial charge in [-0.15, -0.1) is 0 Å². The van der Waals surface area contributed by atoms with E-state index in [0.29, 0.717) is 28.7 Å². The average Bonchev–Trinajstić information content (AvgIpc) is 2.35. The van der Waals surface area contributed by atoms with Crippen molar-refractivity contribution in [2.75, 3.05) is 16.8 Å². The molecule has 1 aliphatic rings. The molecule has 0 bridgehead atoms. The summed E-state index contributed by atoms with van der Waals surface area (Å²) < 4.78 is 24.5. The van der Waals surface area contributed by atoms with E-state index in [9.17, 15) is 13.2 Å². The summed E-state index contributed by atoms with van der Waals surface area (Å²) in [6, 6.07) is 3.42. The summed E-state index contributed by atoms with van der Waals surface area (Å²) in [7, 11) is -3.33. The van der Waals surface area contributed by atoms with E-state index in [-0.39, 0.29) is 5.75 Å². The number of hydrogen-bond acceptors (Lipinski definition) is 4. The number of rotatable bonds is 2. The van der Waals surface area contributed by atoms with Crippen LogP contribution in [0.1, 0.15) is 24.8 Å². The third-order valence-electron chi connectivity index (χ3n) is 3.48. The largest absolute Gasteiger partial charge is 0.398 e. The second kappa shape index (κ2) is 5.73. The lowest BCUT2D eigenvalue weighted by molar-refractivity contribution is -0.116. The standard InChI is InChI=1S/C13H17BrN2O3S/c1-8-6-9(14)11(7-10(8)15)16-13(17)12-4-2-3-5-20(12,18)19/h6-7,12H,2-5,15H2,1H3,(H,16,17). The Balaban J connectivity index is 2.22. The fraction of sp³-hybridized carbons (Fsp3) is 0.462. The number of benzene rings is 1. The summed E-state index contributed by atoms with van der Waals surface area (Å²) in [5.74, 6) is -0.392. The van der Waals surface area contributed by atoms with Crippen LogP contribution >= 0.6 is 15.9 Å². The molecule has 1 amide bonds. The summed E-state index contributed by atoms with van der Waals surface area (Å²) in [4.78, 5) is 12.2. The van der Waals surface area contributed by atoms with E-state index >= 15 is 0 Å². The van der Waals surface area contributed by atoms with Crippen molar-refractivity contribution in [1.82, 2.24) is 0 Å². The topological polar surface area (TPSA) is 89.3 Å². The number of halogens is 1. The Bertz CT molecular complexity index is 643. The molecule has 2 rings (SSSR count). The molecule has 1 atom stereocenters. The number of aryl methyl sites for hydroxylation is 1. The Hall–Kier alpha value is -1.08. The molecule has 1 unspecified atom stereocenters. The summed E-state index contributed by atoms with van der Waals surface area (Å²) in [6.07, 6.45) is 1.77. The van der Waals surface area contributed by atoms with Crippen molar-refractivity contribution >= 4 is 43.0 Å². The van der Waals surface area contributed by atoms with Crippen LogP contribution in [0, 0.1) is 6.92 Å². The SMILES string of the molecule is Cc1cc(Br)c(NC(=O)C2CCCCS2(=O)=O)cc1N. The van der Waals surface area contributed by atoms with Crippen LogP contribution in [0.5, 0.6) is 0 Å². The number of hydrogen-bond donors (Lipinski definition) is 2. The maximum Gasteiger partial charge on any atom is 0.242 e. The Morgan fingerprint density at radius 1 is 1.40 bits per heavy atom. The first-order valence-electron chi connectivity index (χ1n) is 6.39. The van der Waals surface area contributed by atoms with Gasteiger partial charge in [-0.3, -0.25) is 4.79 Å². The third-order valence-corrected chi connectivity index (χ3v) is 6.32. The molecule has 20 heavy (non-hydrogen) atoms. The smallest absolute Gasteiger partial charge is 0.242 e. The molecule has 110 valence electrons. The van der Waals surface area contributed by atoms with E-state index in [2.05, 4.69) is 21.2 Å². The van der Waals surface area contributed by atoms with Gasteiger partial charge in [0.2, 0.25) is 5.91 Å². The van der Waals surface area contributed by atoms with E-state index in [1.54, 1.807) is 12.1 Å². The van der Waals surface area contributed by atoms with Crippen molar-refractivity contribution < 1.29 is 13.2 Å². The van der Waals surface area contributed by atoms with Crippen molar-refractivity contribution in [2.24, 2.45) is 0 Å². The predicted molar refractivity (Wildman–Crippen MR) is 83.3 cm³/mol. The summed E-state index contributed by atoms with van der Waals surface area (Å²) in [6.45, 7) is 1.86. The van der Waals surface area contributed by atoms with Crippen LogP contribution in [0.15, 0.2) is 16.6 Å². The second-order valence-electron chi connectivity index (χ2n) is 5.03. The molecule has 1 fully saturated rings. The molecule has 0 aromatic heterocycles. The number of carbonyl (C=O) groups excluding carboxylic acids is 1. The van der Waals surface area contributed by atoms with Crippen molar-refractivity contribution in [3.8, 4) is 0 Å². The molecule has 0 aliphatic carbocycles. The number of amides is 1. The predicted octanol–water partition coefficient (Wildman–Crippen LogP) is 2.25. The second-order valence-corrected chi connectivity index (χ2v) is 8.19. The highest BCUT2D eigenvalue weighted by molar-refractivity contribution is 9.10. The normalized spacial score (nSPS) is 21.4. The fourth-order valence-corrected chi connectivity index (χ4v) is 4.61. The number of carbonyl (C=O) groups is 1. The number of sulfone groups is 1. The number of nitrogen functional groups attached to an aromatic ring is 1. The van der Waals surface area contributed by atoms with E-state index in [0.717, 1.165) is 12.0 Å². The molecule has 1 aromatic rings. The van der Waals surface area contributed by atoms with Crippen LogP contribution in [0.2, 0.25) is 0 Å². The molecular formula is C13H17BrN2O3S. The van der Waals surface area contributed by atoms with Gasteiger partial charge in [-0.05, 0) is 53.4 Å². The minimum atomic E-state index is -3.33. The molecule has 0 radical (unpaired) electrons. The molecule has 0 spiro atoms. The zero-order valence-electron chi connectivity index (χ0n) is 11.1. The zero-order valence-corrected chi connectivity index (χ0v) is 13.6. The monoisotopic (exact) mass is 360 g/mol. The molecule has 3 N–H and O–H groups in total. The molecule has 1 saturated heterocycles. The first-order valence-corrected chi connectivity index (χ1v) is 8.90. The fourth-order valence-electron chi connectivity index (χ4n) is 2.25. The van der Waals surface area contributed by atoms with E-state index < -0.39 is 21.0 Å². The van der Waals surface area contributed by atoms with Crippen LogP contribution in [0.3, 0.4) is 0 Å². The van der Waals surface area contributed by atoms with Gasteiger partial charge in [0.25, 0.3) is 0 Å². The quantitative estimate of drug-likeness (QED) is 0.791. The molecule has 1 heterocycles. The molecule has 1 aromatic carbocycles. The number of anilines is 2. The van der Waals surface area contributed by atoms with Gasteiger partial charge in [0, 0.05) is 10.2 Å². The first-order chi connectivity index (χ1) is 9.31. The molecule has 1 aliphatic heterocycles. The van der Waals surface area contributed by atoms with Crippen LogP contribution in [0.25, 0.3) is 0 Å². The molecular weight excluding hydrogens is 344 g/mol. The van der Waals surface area contributed by atoms with Gasteiger partial charge in [0.05, 0.1) is 11.4 Å². The third kappa shape index (κ3) is 3.15. The highest BCUT2D eigenvalue weighted by atomic mass is 79.9. The van der Waals surface area contributed by atoms with Gasteiger partial charge >= 0.3 is 0 Å². The Morgan fingerprint density at radius 3 is 2.75 bits per heavy atom. The Morgan fingerprint density at radius 2 is 2.10 bits per heavy atom. The van der Waals surface area contributed by atoms with E-state index in [1.807, 2.05) is 6.92 Å². The number of nitrogens with two attached hydrogens (primary N) is 1. The number of nitrogens with one attached hydrogen (secondary N) is 1. The lowest BCUT2D eigenvalue weighted by Gasteiger charge is -2.22. The van der Waals surface area contributed by atoms with Gasteiger partial charge in [-0.2, -0.15) is 0 Å². The summed E-state index contributed by atoms with van der Waals surface area (Å²) >= 11 is 3.34. The maximum atomic E-state index is 12.2. The Kier molecular flexibility index (Phi) is 4.39. The van der Waals surface area contributed by atoms with Crippen LogP contribution in [-0.2, 0) is 14.6 Å². The van der Waals surface area contributed by atoms with Crippen LogP contribution in [0.4, 0.5) is 11.4 Å². The zero-order chi connectivity index (χ0) is 14.9. The van der Waals surface area contributed by atoms with Gasteiger partial charge < -0.3 is 11.1 Å². The first kappa shape index (κ1) is 15.3. The minimum absolute atomic E-state index is 0.0856. The summed E-state index contributed by atoms with van der Waals surface area (Å²) in [5.41, 5.74) is 7.75. The van der Waals surface area contributed by atoms with Crippen LogP contribution < -0.4 is 11.1 Å². The van der Waals surface area contributed by atoms with Gasteiger partial charge in [0.1, 0.15) is 5.25 Å². The lowest BCUT2D eigenvalue weighted by atomic mass is 10.1.